The molecule has 0 aliphatic rings. The molecule has 0 aliphatic heterocycles. The van der Waals surface area contributed by atoms with E-state index in [2.05, 4.69) is 43.4 Å². The van der Waals surface area contributed by atoms with Gasteiger partial charge in [0.15, 0.2) is 0 Å². The summed E-state index contributed by atoms with van der Waals surface area (Å²) < 4.78 is 0. The summed E-state index contributed by atoms with van der Waals surface area (Å²) in [4.78, 5) is 0. The van der Waals surface area contributed by atoms with Crippen LogP contribution in [0.2, 0.25) is 0 Å². The van der Waals surface area contributed by atoms with Gasteiger partial charge in [0.25, 0.3) is 0 Å². The van der Waals surface area contributed by atoms with Gasteiger partial charge in [-0.2, -0.15) is 0 Å². The van der Waals surface area contributed by atoms with Crippen LogP contribution in [-0.4, -0.2) is 13.6 Å². The molecule has 0 saturated heterocycles. The molecule has 0 bridgehead atoms. The van der Waals surface area contributed by atoms with Gasteiger partial charge in [-0.1, -0.05) is 44.5 Å². The Labute approximate surface area is 93.9 Å². The first-order valence-electron chi connectivity index (χ1n) is 6.01. The van der Waals surface area contributed by atoms with Crippen molar-refractivity contribution in [2.45, 2.75) is 39.0 Å². The zero-order valence-electron chi connectivity index (χ0n) is 10.2. The summed E-state index contributed by atoms with van der Waals surface area (Å²) in [5, 5.41) is 3.21. The van der Waals surface area contributed by atoms with Crippen LogP contribution in [0.25, 0.3) is 0 Å². The van der Waals surface area contributed by atoms with E-state index in [1.54, 1.807) is 0 Å². The summed E-state index contributed by atoms with van der Waals surface area (Å²) in [6, 6.07) is 9.09. The van der Waals surface area contributed by atoms with Crippen LogP contribution in [0.1, 0.15) is 43.7 Å². The second kappa shape index (κ2) is 6.62. The maximum atomic E-state index is 3.21. The highest BCUT2D eigenvalue weighted by Crippen LogP contribution is 2.15. The first-order valence-corrected chi connectivity index (χ1v) is 6.01. The third kappa shape index (κ3) is 4.05. The lowest BCUT2D eigenvalue weighted by molar-refractivity contribution is 0.677. The fourth-order valence-corrected chi connectivity index (χ4v) is 1.82. The Bertz CT molecular complexity index is 263. The van der Waals surface area contributed by atoms with Gasteiger partial charge in [0.05, 0.1) is 0 Å². The zero-order valence-corrected chi connectivity index (χ0v) is 10.2. The summed E-state index contributed by atoms with van der Waals surface area (Å²) in [7, 11) is 2.01. The minimum absolute atomic E-state index is 0.607. The summed E-state index contributed by atoms with van der Waals surface area (Å²) >= 11 is 0. The largest absolute Gasteiger partial charge is 0.319 e. The van der Waals surface area contributed by atoms with Crippen molar-refractivity contribution in [2.75, 3.05) is 13.6 Å². The van der Waals surface area contributed by atoms with E-state index < -0.39 is 0 Å². The first kappa shape index (κ1) is 12.3. The molecule has 0 heterocycles. The Balaban J connectivity index is 2.55. The highest BCUT2D eigenvalue weighted by molar-refractivity contribution is 5.25. The molecule has 1 aromatic rings. The van der Waals surface area contributed by atoms with Crippen molar-refractivity contribution in [3.8, 4) is 0 Å². The minimum Gasteiger partial charge on any atom is -0.319 e. The lowest BCUT2D eigenvalue weighted by atomic mass is 9.98. The predicted molar refractivity (Wildman–Crippen MR) is 67.4 cm³/mol. The van der Waals surface area contributed by atoms with E-state index in [0.29, 0.717) is 5.92 Å². The van der Waals surface area contributed by atoms with Gasteiger partial charge in [0, 0.05) is 6.54 Å². The average molecular weight is 205 g/mol. The Morgan fingerprint density at radius 3 is 2.40 bits per heavy atom. The summed E-state index contributed by atoms with van der Waals surface area (Å²) in [5.41, 5.74) is 2.90. The summed E-state index contributed by atoms with van der Waals surface area (Å²) in [6.07, 6.45) is 3.79. The van der Waals surface area contributed by atoms with Crippen molar-refractivity contribution >= 4 is 0 Å². The Morgan fingerprint density at radius 1 is 1.20 bits per heavy atom. The zero-order chi connectivity index (χ0) is 11.1. The first-order chi connectivity index (χ1) is 7.27. The number of hydrogen-bond donors (Lipinski definition) is 1. The molecule has 1 aromatic carbocycles. The van der Waals surface area contributed by atoms with E-state index in [9.17, 15) is 0 Å². The Kier molecular flexibility index (Phi) is 5.41. The molecular formula is C14H23N. The third-order valence-electron chi connectivity index (χ3n) is 2.88. The van der Waals surface area contributed by atoms with Crippen molar-refractivity contribution in [3.63, 3.8) is 0 Å². The highest BCUT2D eigenvalue weighted by Gasteiger charge is 2.03. The van der Waals surface area contributed by atoms with E-state index >= 15 is 0 Å². The van der Waals surface area contributed by atoms with Crippen molar-refractivity contribution in [1.82, 2.24) is 5.32 Å². The van der Waals surface area contributed by atoms with Crippen molar-refractivity contribution in [1.29, 1.82) is 0 Å². The fraction of sp³-hybridized carbons (Fsp3) is 0.571. The molecule has 1 unspecified atom stereocenters. The van der Waals surface area contributed by atoms with Crippen LogP contribution >= 0.6 is 0 Å². The quantitative estimate of drug-likeness (QED) is 0.751. The van der Waals surface area contributed by atoms with E-state index in [1.807, 2.05) is 7.05 Å². The van der Waals surface area contributed by atoms with Gasteiger partial charge in [0.1, 0.15) is 0 Å². The van der Waals surface area contributed by atoms with Crippen molar-refractivity contribution < 1.29 is 0 Å². The molecule has 1 heteroatoms. The molecule has 0 aliphatic carbocycles. The molecule has 0 fully saturated rings. The number of rotatable bonds is 6. The lowest BCUT2D eigenvalue weighted by Crippen LogP contribution is -2.14. The van der Waals surface area contributed by atoms with Crippen LogP contribution in [-0.2, 0) is 6.42 Å². The normalized spacial score (nSPS) is 12.7. The van der Waals surface area contributed by atoms with Gasteiger partial charge in [-0.25, -0.2) is 0 Å². The van der Waals surface area contributed by atoms with Gasteiger partial charge < -0.3 is 5.32 Å². The molecule has 0 spiro atoms. The number of unbranched alkanes of at least 4 members (excludes halogenated alkanes) is 1. The number of nitrogens with one attached hydrogen (secondary N) is 1. The number of benzene rings is 1. The highest BCUT2D eigenvalue weighted by atomic mass is 14.8. The molecule has 84 valence electrons. The van der Waals surface area contributed by atoms with E-state index in [1.165, 1.54) is 30.4 Å². The molecule has 0 saturated carbocycles. The van der Waals surface area contributed by atoms with Crippen LogP contribution in [0.15, 0.2) is 24.3 Å². The molecule has 0 aromatic heterocycles. The molecule has 0 radical (unpaired) electrons. The van der Waals surface area contributed by atoms with E-state index in [-0.39, 0.29) is 0 Å². The van der Waals surface area contributed by atoms with Crippen LogP contribution in [0.3, 0.4) is 0 Å². The second-order valence-electron chi connectivity index (χ2n) is 4.30. The van der Waals surface area contributed by atoms with Crippen LogP contribution < -0.4 is 5.32 Å². The number of hydrogen-bond acceptors (Lipinski definition) is 1. The minimum atomic E-state index is 0.607. The van der Waals surface area contributed by atoms with Gasteiger partial charge in [-0.3, -0.25) is 0 Å². The smallest absolute Gasteiger partial charge is 0.00144 e. The third-order valence-corrected chi connectivity index (χ3v) is 2.88. The van der Waals surface area contributed by atoms with Gasteiger partial charge in [0.2, 0.25) is 0 Å². The molecule has 1 N–H and O–H groups in total. The fourth-order valence-electron chi connectivity index (χ4n) is 1.82. The Hall–Kier alpha value is -0.820. The number of likely N-dealkylation sites (N-methyl/N-ethyl adjacent to an activating group) is 1. The topological polar surface area (TPSA) is 12.0 Å². The van der Waals surface area contributed by atoms with Crippen LogP contribution in [0.4, 0.5) is 0 Å². The van der Waals surface area contributed by atoms with Crippen LogP contribution in [0, 0.1) is 0 Å². The molecule has 1 nitrogen and oxygen atoms in total. The summed E-state index contributed by atoms with van der Waals surface area (Å²) in [5.74, 6) is 0.607. The monoisotopic (exact) mass is 205 g/mol. The van der Waals surface area contributed by atoms with Crippen LogP contribution in [0.5, 0.6) is 0 Å². The Morgan fingerprint density at radius 2 is 1.87 bits per heavy atom. The molecule has 1 atom stereocenters. The lowest BCUT2D eigenvalue weighted by Gasteiger charge is -2.11. The molecule has 0 amide bonds. The van der Waals surface area contributed by atoms with Crippen molar-refractivity contribution in [2.24, 2.45) is 0 Å². The number of aryl methyl sites for hydroxylation is 1. The average Bonchev–Trinajstić information content (AvgIpc) is 2.27. The SMILES string of the molecule is CCCCc1ccc(C(C)CNC)cc1. The molecular weight excluding hydrogens is 182 g/mol. The van der Waals surface area contributed by atoms with Crippen molar-refractivity contribution in [3.05, 3.63) is 35.4 Å². The van der Waals surface area contributed by atoms with Gasteiger partial charge in [-0.15, -0.1) is 0 Å². The van der Waals surface area contributed by atoms with Gasteiger partial charge >= 0.3 is 0 Å². The predicted octanol–water partition coefficient (Wildman–Crippen LogP) is 3.35. The molecule has 1 rings (SSSR count). The second-order valence-corrected chi connectivity index (χ2v) is 4.30. The summed E-state index contributed by atoms with van der Waals surface area (Å²) in [6.45, 7) is 5.55. The standard InChI is InChI=1S/C14H23N/c1-4-5-6-13-7-9-14(10-8-13)12(2)11-15-3/h7-10,12,15H,4-6,11H2,1-3H3. The van der Waals surface area contributed by atoms with Gasteiger partial charge in [-0.05, 0) is 36.9 Å². The maximum absolute atomic E-state index is 3.21. The van der Waals surface area contributed by atoms with E-state index in [4.69, 9.17) is 0 Å². The van der Waals surface area contributed by atoms with E-state index in [0.717, 1.165) is 6.54 Å². The molecule has 15 heavy (non-hydrogen) atoms. The maximum Gasteiger partial charge on any atom is 0.00144 e.